The topological polar surface area (TPSA) is 91.3 Å². The van der Waals surface area contributed by atoms with E-state index in [2.05, 4.69) is 4.98 Å². The van der Waals surface area contributed by atoms with Gasteiger partial charge in [-0.1, -0.05) is 41.4 Å². The van der Waals surface area contributed by atoms with Gasteiger partial charge in [0.05, 0.1) is 6.54 Å². The predicted octanol–water partition coefficient (Wildman–Crippen LogP) is 3.56. The number of hydrogen-bond acceptors (Lipinski definition) is 5. The second-order valence-corrected chi connectivity index (χ2v) is 8.19. The fourth-order valence-electron chi connectivity index (χ4n) is 3.69. The fraction of sp³-hybridized carbons (Fsp3) is 0.292. The first-order valence-electron chi connectivity index (χ1n) is 10.8. The molecule has 2 aromatic carbocycles. The van der Waals surface area contributed by atoms with Gasteiger partial charge in [-0.25, -0.2) is 4.79 Å². The first-order chi connectivity index (χ1) is 15.9. The Labute approximate surface area is 195 Å². The Kier molecular flexibility index (Phi) is 6.67. The van der Waals surface area contributed by atoms with Crippen LogP contribution in [0.5, 0.6) is 11.8 Å². The van der Waals surface area contributed by atoms with Gasteiger partial charge in [0.1, 0.15) is 5.75 Å². The summed E-state index contributed by atoms with van der Waals surface area (Å²) in [6.45, 7) is 4.42. The van der Waals surface area contributed by atoms with Crippen molar-refractivity contribution in [3.05, 3.63) is 85.5 Å². The highest BCUT2D eigenvalue weighted by molar-refractivity contribution is 6.30. The van der Waals surface area contributed by atoms with Crippen molar-refractivity contribution in [2.24, 2.45) is 0 Å². The lowest BCUT2D eigenvalue weighted by atomic mass is 10.2. The number of hydrogen-bond donors (Lipinski definition) is 1. The van der Waals surface area contributed by atoms with Gasteiger partial charge in [0, 0.05) is 24.7 Å². The van der Waals surface area contributed by atoms with Gasteiger partial charge in [0.25, 0.3) is 5.56 Å². The van der Waals surface area contributed by atoms with Crippen LogP contribution in [0.2, 0.25) is 5.02 Å². The molecule has 0 amide bonds. The molecule has 0 saturated carbocycles. The Balaban J connectivity index is 1.95. The molecule has 0 radical (unpaired) electrons. The number of aryl methyl sites for hydroxylation is 2. The lowest BCUT2D eigenvalue weighted by Crippen LogP contribution is -2.40. The van der Waals surface area contributed by atoms with Crippen molar-refractivity contribution in [2.45, 2.75) is 39.9 Å². The van der Waals surface area contributed by atoms with Crippen molar-refractivity contribution in [2.75, 3.05) is 6.61 Å². The van der Waals surface area contributed by atoms with Crippen LogP contribution in [0.1, 0.15) is 24.5 Å². The molecule has 0 atom stereocenters. The van der Waals surface area contributed by atoms with Crippen LogP contribution in [0.4, 0.5) is 0 Å². The molecular weight excluding hydrogens is 444 g/mol. The summed E-state index contributed by atoms with van der Waals surface area (Å²) in [4.78, 5) is 31.0. The molecule has 4 aromatic rings. The number of ether oxygens (including phenoxy) is 1. The number of aliphatic hydroxyl groups is 1. The first kappa shape index (κ1) is 22.8. The number of aromatic nitrogens is 4. The van der Waals surface area contributed by atoms with Crippen molar-refractivity contribution in [1.82, 2.24) is 18.7 Å². The van der Waals surface area contributed by atoms with E-state index in [1.807, 2.05) is 50.2 Å². The molecule has 0 saturated heterocycles. The van der Waals surface area contributed by atoms with E-state index in [4.69, 9.17) is 16.3 Å². The van der Waals surface area contributed by atoms with Crippen molar-refractivity contribution in [1.29, 1.82) is 0 Å². The van der Waals surface area contributed by atoms with Crippen LogP contribution in [-0.4, -0.2) is 30.4 Å². The standard InChI is InChI=1S/C24H25ClN4O4/c1-3-27-21-20(22(31)28(24(27)32)13-4-14-30)29(15-17-7-9-18(25)10-8-17)23(26-21)33-19-11-5-16(2)6-12-19/h5-12,30H,3-4,13-15H2,1-2H3. The summed E-state index contributed by atoms with van der Waals surface area (Å²) in [6.07, 6.45) is 0.294. The summed E-state index contributed by atoms with van der Waals surface area (Å²) in [7, 11) is 0. The van der Waals surface area contributed by atoms with E-state index in [1.165, 1.54) is 4.57 Å². The average molecular weight is 469 g/mol. The molecule has 1 N–H and O–H groups in total. The number of nitrogens with zero attached hydrogens (tertiary/aromatic N) is 4. The van der Waals surface area contributed by atoms with E-state index in [9.17, 15) is 14.7 Å². The molecule has 8 nitrogen and oxygen atoms in total. The Morgan fingerprint density at radius 3 is 2.33 bits per heavy atom. The molecule has 2 aromatic heterocycles. The summed E-state index contributed by atoms with van der Waals surface area (Å²) in [6, 6.07) is 15.0. The Hall–Kier alpha value is -3.36. The van der Waals surface area contributed by atoms with Gasteiger partial charge in [0.15, 0.2) is 11.2 Å². The highest BCUT2D eigenvalue weighted by atomic mass is 35.5. The molecule has 33 heavy (non-hydrogen) atoms. The Bertz CT molecular complexity index is 1390. The second kappa shape index (κ2) is 9.64. The summed E-state index contributed by atoms with van der Waals surface area (Å²) >= 11 is 6.04. The highest BCUT2D eigenvalue weighted by Crippen LogP contribution is 2.26. The number of fused-ring (bicyclic) bond motifs is 1. The van der Waals surface area contributed by atoms with Crippen LogP contribution in [0.15, 0.2) is 58.1 Å². The molecular formula is C24H25ClN4O4. The van der Waals surface area contributed by atoms with Crippen LogP contribution < -0.4 is 16.0 Å². The molecule has 0 unspecified atom stereocenters. The van der Waals surface area contributed by atoms with Gasteiger partial charge in [-0.15, -0.1) is 0 Å². The molecule has 0 aliphatic carbocycles. The smallest absolute Gasteiger partial charge is 0.332 e. The maximum absolute atomic E-state index is 13.4. The summed E-state index contributed by atoms with van der Waals surface area (Å²) in [5.74, 6) is 0.569. The maximum atomic E-state index is 13.4. The molecule has 9 heteroatoms. The van der Waals surface area contributed by atoms with Crippen LogP contribution in [0.25, 0.3) is 11.2 Å². The molecule has 172 valence electrons. The lowest BCUT2D eigenvalue weighted by Gasteiger charge is -2.12. The van der Waals surface area contributed by atoms with Crippen molar-refractivity contribution in [3.63, 3.8) is 0 Å². The molecule has 0 aliphatic heterocycles. The summed E-state index contributed by atoms with van der Waals surface area (Å²) in [5, 5.41) is 9.84. The van der Waals surface area contributed by atoms with Crippen LogP contribution in [0.3, 0.4) is 0 Å². The maximum Gasteiger partial charge on any atom is 0.332 e. The van der Waals surface area contributed by atoms with Gasteiger partial charge in [-0.2, -0.15) is 4.98 Å². The van der Waals surface area contributed by atoms with E-state index in [-0.39, 0.29) is 30.3 Å². The zero-order valence-electron chi connectivity index (χ0n) is 18.5. The van der Waals surface area contributed by atoms with E-state index in [0.29, 0.717) is 30.3 Å². The molecule has 0 spiro atoms. The largest absolute Gasteiger partial charge is 0.425 e. The molecule has 4 rings (SSSR count). The third-order valence-corrected chi connectivity index (χ3v) is 5.67. The lowest BCUT2D eigenvalue weighted by molar-refractivity contribution is 0.277. The first-order valence-corrected chi connectivity index (χ1v) is 11.1. The minimum Gasteiger partial charge on any atom is -0.425 e. The van der Waals surface area contributed by atoms with Crippen LogP contribution >= 0.6 is 11.6 Å². The van der Waals surface area contributed by atoms with Gasteiger partial charge >= 0.3 is 11.7 Å². The Morgan fingerprint density at radius 1 is 1.00 bits per heavy atom. The molecule has 0 bridgehead atoms. The predicted molar refractivity (Wildman–Crippen MR) is 127 cm³/mol. The summed E-state index contributed by atoms with van der Waals surface area (Å²) in [5.41, 5.74) is 1.59. The molecule has 2 heterocycles. The second-order valence-electron chi connectivity index (χ2n) is 7.76. The average Bonchev–Trinajstić information content (AvgIpc) is 3.14. The number of aliphatic hydroxyl groups excluding tert-OH is 1. The van der Waals surface area contributed by atoms with E-state index >= 15 is 0 Å². The van der Waals surface area contributed by atoms with Crippen molar-refractivity contribution < 1.29 is 9.84 Å². The van der Waals surface area contributed by atoms with Crippen molar-refractivity contribution in [3.8, 4) is 11.8 Å². The third-order valence-electron chi connectivity index (χ3n) is 5.42. The van der Waals surface area contributed by atoms with E-state index in [0.717, 1.165) is 15.7 Å². The zero-order chi connectivity index (χ0) is 23.5. The van der Waals surface area contributed by atoms with Gasteiger partial charge in [-0.3, -0.25) is 18.5 Å². The SMILES string of the molecule is CCn1c(=O)n(CCCO)c(=O)c2c1nc(Oc1ccc(C)cc1)n2Cc1ccc(Cl)cc1. The normalized spacial score (nSPS) is 11.3. The van der Waals surface area contributed by atoms with Gasteiger partial charge in [-0.05, 0) is 50.1 Å². The number of imidazole rings is 1. The van der Waals surface area contributed by atoms with Crippen LogP contribution in [-0.2, 0) is 19.6 Å². The van der Waals surface area contributed by atoms with E-state index < -0.39 is 11.2 Å². The quantitative estimate of drug-likeness (QED) is 0.427. The zero-order valence-corrected chi connectivity index (χ0v) is 19.2. The van der Waals surface area contributed by atoms with Crippen molar-refractivity contribution >= 4 is 22.8 Å². The minimum atomic E-state index is -0.464. The molecule has 0 fully saturated rings. The van der Waals surface area contributed by atoms with Crippen LogP contribution in [0, 0.1) is 6.92 Å². The third kappa shape index (κ3) is 4.58. The molecule has 0 aliphatic rings. The number of halogens is 1. The number of rotatable bonds is 8. The van der Waals surface area contributed by atoms with E-state index in [1.54, 1.807) is 16.7 Å². The van der Waals surface area contributed by atoms with Gasteiger partial charge in [0.2, 0.25) is 0 Å². The highest BCUT2D eigenvalue weighted by Gasteiger charge is 2.22. The number of benzene rings is 2. The summed E-state index contributed by atoms with van der Waals surface area (Å²) < 4.78 is 10.4. The Morgan fingerprint density at radius 2 is 1.70 bits per heavy atom. The minimum absolute atomic E-state index is 0.115. The van der Waals surface area contributed by atoms with Gasteiger partial charge < -0.3 is 9.84 Å². The fourth-order valence-corrected chi connectivity index (χ4v) is 3.82. The monoisotopic (exact) mass is 468 g/mol.